The standard InChI is InChI=1S/C15H19ClN2O2/c1-3-4-13-14(19)17-10(2)15(20)18(13)9-11-5-7-12(16)8-6-11/h5-8,10,13H,3-4,9H2,1-2H3,(H,17,19). The van der Waals surface area contributed by atoms with E-state index in [1.54, 1.807) is 24.0 Å². The minimum absolute atomic E-state index is 0.0296. The van der Waals surface area contributed by atoms with Gasteiger partial charge in [0.25, 0.3) is 0 Å². The fourth-order valence-electron chi connectivity index (χ4n) is 2.45. The van der Waals surface area contributed by atoms with Gasteiger partial charge in [0, 0.05) is 11.6 Å². The Bertz CT molecular complexity index is 501. The molecule has 1 aliphatic heterocycles. The van der Waals surface area contributed by atoms with E-state index in [9.17, 15) is 9.59 Å². The lowest BCUT2D eigenvalue weighted by atomic mass is 10.0. The van der Waals surface area contributed by atoms with Crippen LogP contribution in [0.4, 0.5) is 0 Å². The number of hydrogen-bond donors (Lipinski definition) is 1. The average molecular weight is 295 g/mol. The lowest BCUT2D eigenvalue weighted by Gasteiger charge is -2.38. The van der Waals surface area contributed by atoms with Gasteiger partial charge in [-0.2, -0.15) is 0 Å². The summed E-state index contributed by atoms with van der Waals surface area (Å²) in [4.78, 5) is 26.1. The number of carbonyl (C=O) groups excluding carboxylic acids is 2. The van der Waals surface area contributed by atoms with Crippen LogP contribution in [0.25, 0.3) is 0 Å². The summed E-state index contributed by atoms with van der Waals surface area (Å²) in [6.45, 7) is 4.17. The molecule has 1 fully saturated rings. The van der Waals surface area contributed by atoms with Crippen molar-refractivity contribution >= 4 is 23.4 Å². The molecule has 2 rings (SSSR count). The first-order chi connectivity index (χ1) is 9.52. The third-order valence-corrected chi connectivity index (χ3v) is 3.77. The maximum Gasteiger partial charge on any atom is 0.245 e. The normalized spacial score (nSPS) is 22.9. The topological polar surface area (TPSA) is 49.4 Å². The predicted molar refractivity (Wildman–Crippen MR) is 78.3 cm³/mol. The summed E-state index contributed by atoms with van der Waals surface area (Å²) >= 11 is 5.86. The highest BCUT2D eigenvalue weighted by Gasteiger charge is 2.37. The first-order valence-electron chi connectivity index (χ1n) is 6.88. The number of amides is 2. The van der Waals surface area contributed by atoms with Crippen LogP contribution in [-0.4, -0.2) is 28.8 Å². The Morgan fingerprint density at radius 1 is 1.25 bits per heavy atom. The molecule has 1 N–H and O–H groups in total. The molecule has 2 atom stereocenters. The molecule has 0 aromatic heterocycles. The molecule has 1 heterocycles. The fourth-order valence-corrected chi connectivity index (χ4v) is 2.58. The summed E-state index contributed by atoms with van der Waals surface area (Å²) in [5, 5.41) is 3.40. The molecule has 1 aromatic carbocycles. The van der Waals surface area contributed by atoms with Gasteiger partial charge < -0.3 is 10.2 Å². The van der Waals surface area contributed by atoms with Gasteiger partial charge in [0.15, 0.2) is 0 Å². The summed E-state index contributed by atoms with van der Waals surface area (Å²) in [6, 6.07) is 6.53. The molecule has 20 heavy (non-hydrogen) atoms. The molecular weight excluding hydrogens is 276 g/mol. The Labute approximate surface area is 124 Å². The van der Waals surface area contributed by atoms with E-state index in [1.807, 2.05) is 19.1 Å². The molecule has 2 amide bonds. The predicted octanol–water partition coefficient (Wildman–Crippen LogP) is 2.36. The molecule has 4 nitrogen and oxygen atoms in total. The van der Waals surface area contributed by atoms with E-state index in [1.165, 1.54) is 0 Å². The number of hydrogen-bond acceptors (Lipinski definition) is 2. The van der Waals surface area contributed by atoms with Crippen molar-refractivity contribution in [2.75, 3.05) is 0 Å². The van der Waals surface area contributed by atoms with Crippen molar-refractivity contribution < 1.29 is 9.59 Å². The van der Waals surface area contributed by atoms with Crippen molar-refractivity contribution in [1.82, 2.24) is 10.2 Å². The molecule has 1 aromatic rings. The molecule has 0 saturated carbocycles. The van der Waals surface area contributed by atoms with Crippen LogP contribution in [0.2, 0.25) is 5.02 Å². The second-order valence-electron chi connectivity index (χ2n) is 5.13. The van der Waals surface area contributed by atoms with Gasteiger partial charge in [0.1, 0.15) is 12.1 Å². The summed E-state index contributed by atoms with van der Waals surface area (Å²) in [5.74, 6) is -0.0917. The summed E-state index contributed by atoms with van der Waals surface area (Å²) in [5.41, 5.74) is 0.978. The minimum Gasteiger partial charge on any atom is -0.343 e. The smallest absolute Gasteiger partial charge is 0.245 e. The van der Waals surface area contributed by atoms with Crippen LogP contribution in [0.3, 0.4) is 0 Å². The first-order valence-corrected chi connectivity index (χ1v) is 7.26. The quantitative estimate of drug-likeness (QED) is 0.927. The highest BCUT2D eigenvalue weighted by atomic mass is 35.5. The lowest BCUT2D eigenvalue weighted by molar-refractivity contribution is -0.149. The zero-order chi connectivity index (χ0) is 14.7. The second-order valence-corrected chi connectivity index (χ2v) is 5.56. The maximum absolute atomic E-state index is 12.3. The van der Waals surface area contributed by atoms with Crippen molar-refractivity contribution in [3.8, 4) is 0 Å². The zero-order valence-electron chi connectivity index (χ0n) is 11.7. The molecule has 0 aliphatic carbocycles. The van der Waals surface area contributed by atoms with Crippen molar-refractivity contribution in [3.05, 3.63) is 34.9 Å². The fraction of sp³-hybridized carbons (Fsp3) is 0.467. The lowest BCUT2D eigenvalue weighted by Crippen LogP contribution is -2.61. The molecule has 1 saturated heterocycles. The van der Waals surface area contributed by atoms with Gasteiger partial charge in [-0.25, -0.2) is 0 Å². The van der Waals surface area contributed by atoms with Crippen molar-refractivity contribution in [2.24, 2.45) is 0 Å². The molecule has 108 valence electrons. The summed E-state index contributed by atoms with van der Waals surface area (Å²) < 4.78 is 0. The van der Waals surface area contributed by atoms with E-state index in [0.29, 0.717) is 18.0 Å². The SMILES string of the molecule is CCCC1C(=O)NC(C)C(=O)N1Cc1ccc(Cl)cc1. The average Bonchev–Trinajstić information content (AvgIpc) is 2.42. The number of halogens is 1. The summed E-state index contributed by atoms with van der Waals surface area (Å²) in [7, 11) is 0. The zero-order valence-corrected chi connectivity index (χ0v) is 12.5. The first kappa shape index (κ1) is 14.9. The van der Waals surface area contributed by atoms with E-state index in [-0.39, 0.29) is 17.9 Å². The molecular formula is C15H19ClN2O2. The number of rotatable bonds is 4. The highest BCUT2D eigenvalue weighted by molar-refractivity contribution is 6.30. The summed E-state index contributed by atoms with van der Waals surface area (Å²) in [6.07, 6.45) is 1.54. The number of nitrogens with one attached hydrogen (secondary N) is 1. The van der Waals surface area contributed by atoms with Crippen molar-refractivity contribution in [3.63, 3.8) is 0 Å². The van der Waals surface area contributed by atoms with E-state index >= 15 is 0 Å². The van der Waals surface area contributed by atoms with Crippen LogP contribution >= 0.6 is 11.6 Å². The monoisotopic (exact) mass is 294 g/mol. The van der Waals surface area contributed by atoms with Gasteiger partial charge in [-0.3, -0.25) is 9.59 Å². The molecule has 0 radical (unpaired) electrons. The molecule has 2 unspecified atom stereocenters. The number of benzene rings is 1. The van der Waals surface area contributed by atoms with E-state index in [4.69, 9.17) is 11.6 Å². The van der Waals surface area contributed by atoms with Crippen LogP contribution in [0, 0.1) is 0 Å². The second kappa shape index (κ2) is 6.27. The van der Waals surface area contributed by atoms with Gasteiger partial charge in [-0.1, -0.05) is 37.1 Å². The van der Waals surface area contributed by atoms with Crippen LogP contribution in [0.15, 0.2) is 24.3 Å². The van der Waals surface area contributed by atoms with Crippen LogP contribution < -0.4 is 5.32 Å². The Morgan fingerprint density at radius 2 is 1.90 bits per heavy atom. The van der Waals surface area contributed by atoms with Crippen molar-refractivity contribution in [2.45, 2.75) is 45.3 Å². The van der Waals surface area contributed by atoms with E-state index < -0.39 is 6.04 Å². The Hall–Kier alpha value is -1.55. The van der Waals surface area contributed by atoms with Gasteiger partial charge in [0.2, 0.25) is 11.8 Å². The third-order valence-electron chi connectivity index (χ3n) is 3.52. The molecule has 0 bridgehead atoms. The highest BCUT2D eigenvalue weighted by Crippen LogP contribution is 2.19. The van der Waals surface area contributed by atoms with E-state index in [2.05, 4.69) is 5.32 Å². The van der Waals surface area contributed by atoms with Crippen LogP contribution in [-0.2, 0) is 16.1 Å². The van der Waals surface area contributed by atoms with Crippen LogP contribution in [0.1, 0.15) is 32.3 Å². The van der Waals surface area contributed by atoms with E-state index in [0.717, 1.165) is 12.0 Å². The van der Waals surface area contributed by atoms with Crippen molar-refractivity contribution in [1.29, 1.82) is 0 Å². The molecule has 5 heteroatoms. The largest absolute Gasteiger partial charge is 0.343 e. The van der Waals surface area contributed by atoms with Crippen LogP contribution in [0.5, 0.6) is 0 Å². The Kier molecular flexibility index (Phi) is 4.65. The number of carbonyl (C=O) groups is 2. The maximum atomic E-state index is 12.3. The Morgan fingerprint density at radius 3 is 2.50 bits per heavy atom. The third kappa shape index (κ3) is 3.12. The molecule has 1 aliphatic rings. The van der Waals surface area contributed by atoms with Gasteiger partial charge in [-0.15, -0.1) is 0 Å². The van der Waals surface area contributed by atoms with Gasteiger partial charge in [0.05, 0.1) is 0 Å². The number of nitrogens with zero attached hydrogens (tertiary/aromatic N) is 1. The molecule has 0 spiro atoms. The van der Waals surface area contributed by atoms with Gasteiger partial charge in [-0.05, 0) is 31.0 Å². The minimum atomic E-state index is -0.456. The number of piperazine rings is 1. The van der Waals surface area contributed by atoms with Gasteiger partial charge >= 0.3 is 0 Å². The Balaban J connectivity index is 2.21.